The van der Waals surface area contributed by atoms with Crippen LogP contribution >= 0.6 is 11.8 Å². The number of rotatable bonds is 8. The number of nitrogens with one attached hydrogen (secondary N) is 2. The average Bonchev–Trinajstić information content (AvgIpc) is 3.08. The van der Waals surface area contributed by atoms with E-state index in [1.807, 2.05) is 39.0 Å². The van der Waals surface area contributed by atoms with Crippen LogP contribution in [0.15, 0.2) is 23.4 Å². The van der Waals surface area contributed by atoms with Gasteiger partial charge >= 0.3 is 0 Å². The van der Waals surface area contributed by atoms with Gasteiger partial charge in [0.05, 0.1) is 11.4 Å². The highest BCUT2D eigenvalue weighted by Gasteiger charge is 2.17. The lowest BCUT2D eigenvalue weighted by molar-refractivity contribution is -0.127. The van der Waals surface area contributed by atoms with Crippen LogP contribution < -0.4 is 10.6 Å². The Morgan fingerprint density at radius 2 is 2.04 bits per heavy atom. The van der Waals surface area contributed by atoms with Crippen LogP contribution in [0.2, 0.25) is 0 Å². The number of amides is 2. The highest BCUT2D eigenvalue weighted by molar-refractivity contribution is 7.99. The summed E-state index contributed by atoms with van der Waals surface area (Å²) in [5.74, 6) is -0.315. The van der Waals surface area contributed by atoms with Gasteiger partial charge in [-0.3, -0.25) is 9.59 Å². The van der Waals surface area contributed by atoms with Crippen LogP contribution in [0.4, 0.5) is 0 Å². The first-order valence-electron chi connectivity index (χ1n) is 8.48. The molecule has 0 radical (unpaired) electrons. The molecule has 2 aromatic rings. The van der Waals surface area contributed by atoms with E-state index in [0.29, 0.717) is 11.7 Å². The molecule has 1 aromatic carbocycles. The molecule has 1 heterocycles. The van der Waals surface area contributed by atoms with Gasteiger partial charge in [0, 0.05) is 6.54 Å². The number of tetrazole rings is 1. The molecular formula is C17H24N6O2S. The van der Waals surface area contributed by atoms with Crippen LogP contribution in [-0.4, -0.2) is 50.4 Å². The van der Waals surface area contributed by atoms with E-state index in [-0.39, 0.29) is 17.6 Å². The Labute approximate surface area is 157 Å². The Hall–Kier alpha value is -2.42. The summed E-state index contributed by atoms with van der Waals surface area (Å²) in [5.41, 5.74) is 3.16. The molecule has 9 heteroatoms. The van der Waals surface area contributed by atoms with Crippen molar-refractivity contribution in [2.24, 2.45) is 0 Å². The van der Waals surface area contributed by atoms with E-state index in [4.69, 9.17) is 0 Å². The van der Waals surface area contributed by atoms with Gasteiger partial charge < -0.3 is 10.6 Å². The first kappa shape index (κ1) is 19.9. The van der Waals surface area contributed by atoms with Crippen molar-refractivity contribution in [1.29, 1.82) is 0 Å². The van der Waals surface area contributed by atoms with Gasteiger partial charge in [-0.05, 0) is 60.9 Å². The summed E-state index contributed by atoms with van der Waals surface area (Å²) in [6.45, 7) is 8.29. The molecule has 2 amide bonds. The molecule has 0 unspecified atom stereocenters. The van der Waals surface area contributed by atoms with Crippen LogP contribution in [0.1, 0.15) is 31.4 Å². The maximum atomic E-state index is 12.1. The van der Waals surface area contributed by atoms with Crippen LogP contribution in [0.25, 0.3) is 5.69 Å². The van der Waals surface area contributed by atoms with E-state index in [1.54, 1.807) is 11.6 Å². The van der Waals surface area contributed by atoms with Crippen molar-refractivity contribution in [3.8, 4) is 5.69 Å². The van der Waals surface area contributed by atoms with E-state index < -0.39 is 6.04 Å². The third kappa shape index (κ3) is 5.29. The first-order valence-corrected chi connectivity index (χ1v) is 9.46. The number of hydrogen-bond donors (Lipinski definition) is 2. The van der Waals surface area contributed by atoms with E-state index in [1.165, 1.54) is 17.3 Å². The first-order chi connectivity index (χ1) is 12.4. The summed E-state index contributed by atoms with van der Waals surface area (Å²) in [5, 5.41) is 17.6. The molecule has 0 aliphatic rings. The molecule has 1 aromatic heterocycles. The van der Waals surface area contributed by atoms with E-state index in [2.05, 4.69) is 26.2 Å². The Morgan fingerprint density at radius 1 is 1.27 bits per heavy atom. The number of benzene rings is 1. The molecule has 0 bridgehead atoms. The Bertz CT molecular complexity index is 776. The molecule has 140 valence electrons. The van der Waals surface area contributed by atoms with Gasteiger partial charge in [0.15, 0.2) is 0 Å². The maximum absolute atomic E-state index is 12.1. The predicted octanol–water partition coefficient (Wildman–Crippen LogP) is 1.40. The molecular weight excluding hydrogens is 352 g/mol. The lowest BCUT2D eigenvalue weighted by Crippen LogP contribution is -2.45. The van der Waals surface area contributed by atoms with Crippen LogP contribution in [0.3, 0.4) is 0 Å². The van der Waals surface area contributed by atoms with Crippen LogP contribution in [-0.2, 0) is 9.59 Å². The molecule has 0 aliphatic carbocycles. The summed E-state index contributed by atoms with van der Waals surface area (Å²) < 4.78 is 1.60. The minimum atomic E-state index is -0.578. The zero-order valence-corrected chi connectivity index (χ0v) is 16.3. The van der Waals surface area contributed by atoms with E-state index in [0.717, 1.165) is 17.7 Å². The minimum absolute atomic E-state index is 0.122. The fourth-order valence-corrected chi connectivity index (χ4v) is 2.87. The highest BCUT2D eigenvalue weighted by atomic mass is 32.2. The van der Waals surface area contributed by atoms with E-state index in [9.17, 15) is 9.59 Å². The molecule has 8 nitrogen and oxygen atoms in total. The predicted molar refractivity (Wildman–Crippen MR) is 100 cm³/mol. The number of carbonyl (C=O) groups is 2. The standard InChI is InChI=1S/C17H24N6O2S/c1-5-8-18-16(25)13(4)19-15(24)10-26-17-20-21-22-23(17)14-7-6-11(2)12(3)9-14/h6-7,9,13H,5,8,10H2,1-4H3,(H,18,25)(H,19,24)/t13-/m1/s1. The summed E-state index contributed by atoms with van der Waals surface area (Å²) in [4.78, 5) is 23.9. The van der Waals surface area contributed by atoms with Crippen LogP contribution in [0, 0.1) is 13.8 Å². The van der Waals surface area contributed by atoms with Crippen molar-refractivity contribution in [2.75, 3.05) is 12.3 Å². The summed E-state index contributed by atoms with van der Waals surface area (Å²) in [6.07, 6.45) is 0.851. The number of nitrogens with zero attached hydrogens (tertiary/aromatic N) is 4. The lowest BCUT2D eigenvalue weighted by atomic mass is 10.1. The molecule has 0 fully saturated rings. The Kier molecular flexibility index (Phi) is 7.14. The fourth-order valence-electron chi connectivity index (χ4n) is 2.17. The second-order valence-electron chi connectivity index (χ2n) is 6.01. The third-order valence-electron chi connectivity index (χ3n) is 3.83. The minimum Gasteiger partial charge on any atom is -0.354 e. The SMILES string of the molecule is CCCNC(=O)[C@@H](C)NC(=O)CSc1nnnn1-c1ccc(C)c(C)c1. The van der Waals surface area contributed by atoms with Gasteiger partial charge in [-0.1, -0.05) is 24.8 Å². The fraction of sp³-hybridized carbons (Fsp3) is 0.471. The number of thioether (sulfide) groups is 1. The Morgan fingerprint density at radius 3 is 2.73 bits per heavy atom. The summed E-state index contributed by atoms with van der Waals surface area (Å²) in [7, 11) is 0. The topological polar surface area (TPSA) is 102 Å². The number of aryl methyl sites for hydroxylation is 2. The van der Waals surface area contributed by atoms with Gasteiger partial charge in [-0.25, -0.2) is 0 Å². The largest absolute Gasteiger partial charge is 0.354 e. The van der Waals surface area contributed by atoms with Gasteiger partial charge in [-0.2, -0.15) is 4.68 Å². The molecule has 1 atom stereocenters. The zero-order valence-electron chi connectivity index (χ0n) is 15.4. The van der Waals surface area contributed by atoms with Crippen molar-refractivity contribution >= 4 is 23.6 Å². The third-order valence-corrected chi connectivity index (χ3v) is 4.75. The van der Waals surface area contributed by atoms with Gasteiger partial charge in [-0.15, -0.1) is 5.10 Å². The second-order valence-corrected chi connectivity index (χ2v) is 6.95. The quantitative estimate of drug-likeness (QED) is 0.675. The van der Waals surface area contributed by atoms with Crippen molar-refractivity contribution in [1.82, 2.24) is 30.8 Å². The van der Waals surface area contributed by atoms with Crippen molar-refractivity contribution in [2.45, 2.75) is 45.3 Å². The molecule has 0 spiro atoms. The highest BCUT2D eigenvalue weighted by Crippen LogP contribution is 2.19. The number of carbonyl (C=O) groups excluding carboxylic acids is 2. The molecule has 2 N–H and O–H groups in total. The molecule has 2 rings (SSSR count). The lowest BCUT2D eigenvalue weighted by Gasteiger charge is -2.13. The molecule has 0 aliphatic heterocycles. The molecule has 26 heavy (non-hydrogen) atoms. The zero-order chi connectivity index (χ0) is 19.1. The van der Waals surface area contributed by atoms with E-state index >= 15 is 0 Å². The van der Waals surface area contributed by atoms with Crippen molar-refractivity contribution in [3.05, 3.63) is 29.3 Å². The average molecular weight is 376 g/mol. The smallest absolute Gasteiger partial charge is 0.242 e. The molecule has 0 saturated heterocycles. The summed E-state index contributed by atoms with van der Waals surface area (Å²) >= 11 is 1.22. The Balaban J connectivity index is 1.94. The molecule has 0 saturated carbocycles. The summed E-state index contributed by atoms with van der Waals surface area (Å²) in [6, 6.07) is 5.36. The van der Waals surface area contributed by atoms with Crippen molar-refractivity contribution in [3.63, 3.8) is 0 Å². The second kappa shape index (κ2) is 9.33. The van der Waals surface area contributed by atoms with Gasteiger partial charge in [0.25, 0.3) is 0 Å². The van der Waals surface area contributed by atoms with Crippen LogP contribution in [0.5, 0.6) is 0 Å². The number of hydrogen-bond acceptors (Lipinski definition) is 6. The van der Waals surface area contributed by atoms with Gasteiger partial charge in [0.1, 0.15) is 6.04 Å². The maximum Gasteiger partial charge on any atom is 0.242 e. The van der Waals surface area contributed by atoms with Crippen molar-refractivity contribution < 1.29 is 9.59 Å². The van der Waals surface area contributed by atoms with Gasteiger partial charge in [0.2, 0.25) is 17.0 Å². The normalized spacial score (nSPS) is 11.8. The monoisotopic (exact) mass is 376 g/mol. The number of aromatic nitrogens is 4.